The molecule has 0 aliphatic carbocycles. The van der Waals surface area contributed by atoms with Crippen molar-refractivity contribution in [1.82, 2.24) is 41.8 Å². The van der Waals surface area contributed by atoms with Crippen LogP contribution < -0.4 is 51.8 Å². The van der Waals surface area contributed by atoms with Gasteiger partial charge in [-0.25, -0.2) is 4.79 Å². The number of aromatic hydroxyl groups is 6. The Kier molecular flexibility index (Phi) is 21.4. The Morgan fingerprint density at radius 2 is 1.17 bits per heavy atom. The molecule has 28 nitrogen and oxygen atoms in total. The number of aliphatic hydroxyl groups is 1. The number of hydrogen-bond donors (Lipinski definition) is 15. The van der Waals surface area contributed by atoms with Crippen LogP contribution in [-0.2, 0) is 46.5 Å². The van der Waals surface area contributed by atoms with E-state index in [2.05, 4.69) is 43.9 Å². The molecule has 1 unspecified atom stereocenters. The van der Waals surface area contributed by atoms with Crippen molar-refractivity contribution in [1.29, 1.82) is 0 Å². The fourth-order valence-electron chi connectivity index (χ4n) is 13.1. The Balaban J connectivity index is 0.992. The SMILES string of the molecule is CCCCCCCCC/C=N/N1CCN(Cc2c(O)cc3c(c2O)-c2cc(ccc2O)[C@@H]2NC(=O)[C@H]4NC(=O)[C@H]5NC(=O)[C@H](Cc6ccc(c(Cl)c6)Oc6cc4cc(c6O)Oc4ccc(cc4Cl)C(O)[C@H](NC2=O)C(=O)N[C@@H]3C(=O)O)NC(=O)[C@H](N)c2ccc(O)c(c2)Oc2cc(O)cc5c2)CC1. The predicted octanol–water partition coefficient (Wildman–Crippen LogP) is 8.23. The number of piperazine rings is 1. The first-order valence-corrected chi connectivity index (χ1v) is 34.2. The van der Waals surface area contributed by atoms with Gasteiger partial charge in [-0.3, -0.25) is 38.7 Å². The smallest absolute Gasteiger partial charge is 0.330 e. The normalized spacial score (nSPS) is 21.5. The average molecular weight is 1450 g/mol. The highest BCUT2D eigenvalue weighted by atomic mass is 35.5. The van der Waals surface area contributed by atoms with E-state index in [9.17, 15) is 50.4 Å². The van der Waals surface area contributed by atoms with Crippen molar-refractivity contribution in [2.75, 3.05) is 26.2 Å². The molecule has 14 rings (SSSR count). The number of hydrogen-bond acceptors (Lipinski definition) is 21. The molecule has 538 valence electrons. The number of halogens is 2. The van der Waals surface area contributed by atoms with Crippen molar-refractivity contribution in [3.05, 3.63) is 164 Å². The second kappa shape index (κ2) is 30.7. The third-order valence-corrected chi connectivity index (χ3v) is 19.2. The van der Waals surface area contributed by atoms with Crippen LogP contribution in [-0.4, -0.2) is 137 Å². The average Bonchev–Trinajstić information content (AvgIpc) is 0.755. The number of phenols is 6. The minimum atomic E-state index is -2.22. The molecule has 0 radical (unpaired) electrons. The molecular formula is C73H74Cl2N10O18. The number of carboxylic acids is 1. The van der Waals surface area contributed by atoms with E-state index in [0.29, 0.717) is 31.7 Å². The van der Waals surface area contributed by atoms with Gasteiger partial charge in [-0.15, -0.1) is 0 Å². The highest BCUT2D eigenvalue weighted by Gasteiger charge is 2.42. The summed E-state index contributed by atoms with van der Waals surface area (Å²) in [5.74, 6) is -14.7. The van der Waals surface area contributed by atoms with E-state index in [1.54, 1.807) is 0 Å². The van der Waals surface area contributed by atoms with Crippen LogP contribution in [0.4, 0.5) is 0 Å². The van der Waals surface area contributed by atoms with Gasteiger partial charge in [-0.2, -0.15) is 5.10 Å². The van der Waals surface area contributed by atoms with Crippen LogP contribution in [0.1, 0.15) is 139 Å². The van der Waals surface area contributed by atoms with Crippen molar-refractivity contribution < 1.29 is 88.6 Å². The number of carboxylic acid groups (broad SMARTS) is 1. The fourth-order valence-corrected chi connectivity index (χ4v) is 13.5. The summed E-state index contributed by atoms with van der Waals surface area (Å²) in [6.45, 7) is 3.75. The molecule has 7 aliphatic rings. The molecule has 0 saturated carbocycles. The Bertz CT molecular complexity index is 4550. The number of hydrazone groups is 1. The molecule has 7 heterocycles. The third kappa shape index (κ3) is 15.7. The number of carbonyl (C=O) groups is 7. The van der Waals surface area contributed by atoms with E-state index < -0.39 is 152 Å². The Morgan fingerprint density at radius 1 is 0.563 bits per heavy atom. The van der Waals surface area contributed by atoms with Crippen LogP contribution in [0.3, 0.4) is 0 Å². The van der Waals surface area contributed by atoms with Crippen LogP contribution in [0.2, 0.25) is 10.0 Å². The maximum Gasteiger partial charge on any atom is 0.330 e. The summed E-state index contributed by atoms with van der Waals surface area (Å²) in [7, 11) is 0. The molecule has 7 aromatic carbocycles. The van der Waals surface area contributed by atoms with Gasteiger partial charge in [0.25, 0.3) is 0 Å². The number of nitrogens with zero attached hydrogens (tertiary/aromatic N) is 3. The van der Waals surface area contributed by atoms with Crippen LogP contribution >= 0.6 is 23.2 Å². The summed E-state index contributed by atoms with van der Waals surface area (Å²) in [5.41, 5.74) is 4.40. The van der Waals surface area contributed by atoms with E-state index in [-0.39, 0.29) is 79.4 Å². The number of aliphatic hydroxyl groups excluding tert-OH is 1. The maximum absolute atomic E-state index is 16.0. The van der Waals surface area contributed by atoms with E-state index >= 15 is 24.0 Å². The van der Waals surface area contributed by atoms with Crippen molar-refractivity contribution in [3.8, 4) is 80.1 Å². The Labute approximate surface area is 599 Å². The largest absolute Gasteiger partial charge is 0.508 e. The van der Waals surface area contributed by atoms with Gasteiger partial charge in [0.15, 0.2) is 29.0 Å². The zero-order valence-corrected chi connectivity index (χ0v) is 56.8. The van der Waals surface area contributed by atoms with E-state index in [0.717, 1.165) is 80.3 Å². The lowest BCUT2D eigenvalue weighted by molar-refractivity contribution is -0.143. The molecule has 103 heavy (non-hydrogen) atoms. The van der Waals surface area contributed by atoms with Crippen molar-refractivity contribution >= 4 is 70.8 Å². The molecule has 0 aromatic heterocycles. The monoisotopic (exact) mass is 1450 g/mol. The highest BCUT2D eigenvalue weighted by molar-refractivity contribution is 6.32. The summed E-state index contributed by atoms with van der Waals surface area (Å²) >= 11 is 13.8. The molecule has 1 saturated heterocycles. The summed E-state index contributed by atoms with van der Waals surface area (Å²) in [5, 5.41) is 116. The number of ether oxygens (including phenoxy) is 3. The topological polar surface area (TPSA) is 426 Å². The molecule has 6 amide bonds. The van der Waals surface area contributed by atoms with E-state index in [1.165, 1.54) is 80.3 Å². The van der Waals surface area contributed by atoms with Gasteiger partial charge >= 0.3 is 5.97 Å². The number of nitrogens with one attached hydrogen (secondary N) is 6. The summed E-state index contributed by atoms with van der Waals surface area (Å²) in [4.78, 5) is 107. The molecule has 8 atom stereocenters. The molecule has 30 heteroatoms. The lowest BCUT2D eigenvalue weighted by Gasteiger charge is -2.34. The minimum absolute atomic E-state index is 0.119. The number of carbonyl (C=O) groups excluding carboxylic acids is 6. The number of rotatable bonds is 12. The zero-order chi connectivity index (χ0) is 73.1. The second-order valence-electron chi connectivity index (χ2n) is 25.8. The first-order valence-electron chi connectivity index (χ1n) is 33.4. The van der Waals surface area contributed by atoms with Crippen LogP contribution in [0.15, 0.2) is 114 Å². The van der Waals surface area contributed by atoms with Gasteiger partial charge < -0.3 is 92.7 Å². The molecule has 7 aliphatic heterocycles. The van der Waals surface area contributed by atoms with Crippen LogP contribution in [0, 0.1) is 0 Å². The standard InChI is InChI=1S/C73H74Cl2N10O18/c1-2-3-4-5-6-7-8-9-18-77-85-21-19-84(20-22-85)34-45-51(89)33-44-57(65(45)91)43-27-37(12-14-49(43)87)59-69(95)83-63(72(98)82-62(44)73(99)100)64(90)38-13-17-53(47(75)28-38)103-56-31-40-30-55(66(56)92)102-52-16-10-35(23-46(52)74)24-48-67(93)79-60(70(96)81-61(40)71(97)80-59)39-25-41(86)32-42(26-39)101-54-29-36(11-15-50(54)88)58(76)68(94)78-48/h10-18,23,25-33,48,58-64,86-92H,2-9,19-22,24,34,76H2,1H3,(H,78,94)(H,79,93)(H,80,97)(H,81,96)(H,82,98)(H,83,95)(H,99,100)/b77-18+/t48-,58+,59-,60-,61-,62-,63-,64?/m0/s1. The molecule has 17 bridgehead atoms. The number of nitrogens with two attached hydrogens (primary N) is 1. The molecule has 7 aromatic rings. The van der Waals surface area contributed by atoms with Gasteiger partial charge in [0.2, 0.25) is 41.2 Å². The minimum Gasteiger partial charge on any atom is -0.508 e. The van der Waals surface area contributed by atoms with Crippen molar-refractivity contribution in [2.45, 2.75) is 120 Å². The van der Waals surface area contributed by atoms with Gasteiger partial charge in [0, 0.05) is 68.1 Å². The van der Waals surface area contributed by atoms with E-state index in [1.807, 2.05) is 16.1 Å². The number of benzene rings is 7. The first-order chi connectivity index (χ1) is 49.4. The van der Waals surface area contributed by atoms with Crippen LogP contribution in [0.5, 0.6) is 69.0 Å². The van der Waals surface area contributed by atoms with E-state index in [4.69, 9.17) is 43.1 Å². The van der Waals surface area contributed by atoms with Gasteiger partial charge in [-0.1, -0.05) is 92.9 Å². The van der Waals surface area contributed by atoms with Gasteiger partial charge in [-0.05, 0) is 125 Å². The number of amides is 6. The zero-order valence-electron chi connectivity index (χ0n) is 55.3. The number of phenolic OH excluding ortho intramolecular Hbond substituents is 6. The first kappa shape index (κ1) is 71.8. The Morgan fingerprint density at radius 3 is 1.84 bits per heavy atom. The summed E-state index contributed by atoms with van der Waals surface area (Å²) in [6.07, 6.45) is 8.31. The van der Waals surface area contributed by atoms with Gasteiger partial charge in [0.1, 0.15) is 82.6 Å². The van der Waals surface area contributed by atoms with Gasteiger partial charge in [0.05, 0.1) is 15.6 Å². The molecular weight excluding hydrogens is 1380 g/mol. The molecule has 1 fully saturated rings. The molecule has 16 N–H and O–H groups in total. The summed E-state index contributed by atoms with van der Waals surface area (Å²) in [6, 6.07) is 7.64. The highest BCUT2D eigenvalue weighted by Crippen LogP contribution is 2.50. The fraction of sp³-hybridized carbons (Fsp3) is 0.315. The third-order valence-electron chi connectivity index (χ3n) is 18.6. The summed E-state index contributed by atoms with van der Waals surface area (Å²) < 4.78 is 18.6. The van der Waals surface area contributed by atoms with Crippen molar-refractivity contribution in [2.24, 2.45) is 10.8 Å². The predicted molar refractivity (Wildman–Crippen MR) is 373 cm³/mol. The quantitative estimate of drug-likeness (QED) is 0.0404. The maximum atomic E-state index is 16.0. The number of aliphatic carboxylic acids is 1. The lowest BCUT2D eigenvalue weighted by Crippen LogP contribution is -2.55. The molecule has 0 spiro atoms. The lowest BCUT2D eigenvalue weighted by atomic mass is 9.88. The Hall–Kier alpha value is -11.0. The van der Waals surface area contributed by atoms with Crippen molar-refractivity contribution in [3.63, 3.8) is 0 Å². The van der Waals surface area contributed by atoms with Crippen LogP contribution in [0.25, 0.3) is 11.1 Å². The number of unbranched alkanes of at least 4 members (excludes halogenated alkanes) is 7. The number of fused-ring (bicyclic) bond motifs is 14. The second-order valence-corrected chi connectivity index (χ2v) is 26.6.